The summed E-state index contributed by atoms with van der Waals surface area (Å²) in [6, 6.07) is 9.91. The van der Waals surface area contributed by atoms with Crippen molar-refractivity contribution in [3.05, 3.63) is 35.9 Å². The van der Waals surface area contributed by atoms with Crippen LogP contribution in [0.15, 0.2) is 35.5 Å². The molecule has 4 nitrogen and oxygen atoms in total. The Balaban J connectivity index is 1.60. The molecule has 0 aromatic heterocycles. The quantitative estimate of drug-likeness (QED) is 0.829. The fourth-order valence-corrected chi connectivity index (χ4v) is 2.74. The van der Waals surface area contributed by atoms with Crippen molar-refractivity contribution in [3.63, 3.8) is 0 Å². The van der Waals surface area contributed by atoms with E-state index in [1.165, 1.54) is 0 Å². The van der Waals surface area contributed by atoms with Crippen molar-refractivity contribution in [2.24, 2.45) is 11.1 Å². The molecule has 0 bridgehead atoms. The van der Waals surface area contributed by atoms with Gasteiger partial charge in [0.2, 0.25) is 6.10 Å². The molecule has 0 saturated carbocycles. The molecule has 20 heavy (non-hydrogen) atoms. The third kappa shape index (κ3) is 2.69. The van der Waals surface area contributed by atoms with Crippen LogP contribution in [0.3, 0.4) is 0 Å². The van der Waals surface area contributed by atoms with Gasteiger partial charge in [-0.2, -0.15) is 0 Å². The highest BCUT2D eigenvalue weighted by atomic mass is 16.6. The van der Waals surface area contributed by atoms with E-state index in [9.17, 15) is 4.79 Å². The second-order valence-corrected chi connectivity index (χ2v) is 5.71. The van der Waals surface area contributed by atoms with Crippen LogP contribution in [0.4, 0.5) is 0 Å². The molecule has 2 aliphatic heterocycles. The Hall–Kier alpha value is -1.84. The number of piperidine rings is 1. The Kier molecular flexibility index (Phi) is 3.72. The van der Waals surface area contributed by atoms with Gasteiger partial charge in [-0.05, 0) is 24.3 Å². The van der Waals surface area contributed by atoms with Gasteiger partial charge in [-0.1, -0.05) is 42.4 Å². The van der Waals surface area contributed by atoms with Crippen molar-refractivity contribution in [3.8, 4) is 0 Å². The van der Waals surface area contributed by atoms with Gasteiger partial charge in [0.05, 0.1) is 5.71 Å². The minimum Gasteiger partial charge on any atom is -0.382 e. The van der Waals surface area contributed by atoms with Gasteiger partial charge in [-0.15, -0.1) is 0 Å². The maximum atomic E-state index is 12.4. The molecule has 2 heterocycles. The van der Waals surface area contributed by atoms with Crippen LogP contribution in [0.2, 0.25) is 0 Å². The first-order valence-corrected chi connectivity index (χ1v) is 7.31. The summed E-state index contributed by atoms with van der Waals surface area (Å²) < 4.78 is 0. The monoisotopic (exact) mass is 272 g/mol. The van der Waals surface area contributed by atoms with Crippen molar-refractivity contribution >= 4 is 11.6 Å². The number of hydrogen-bond acceptors (Lipinski definition) is 3. The van der Waals surface area contributed by atoms with Crippen LogP contribution in [0.5, 0.6) is 0 Å². The predicted molar refractivity (Wildman–Crippen MR) is 77.4 cm³/mol. The Labute approximate surface area is 119 Å². The number of nitrogens with zero attached hydrogens (tertiary/aromatic N) is 2. The van der Waals surface area contributed by atoms with Gasteiger partial charge >= 0.3 is 0 Å². The normalized spacial score (nSPS) is 23.4. The van der Waals surface area contributed by atoms with Crippen molar-refractivity contribution < 1.29 is 9.63 Å². The highest BCUT2D eigenvalue weighted by molar-refractivity contribution is 6.04. The van der Waals surface area contributed by atoms with E-state index in [0.29, 0.717) is 6.42 Å². The fourth-order valence-electron chi connectivity index (χ4n) is 2.74. The minimum atomic E-state index is -0.432. The zero-order valence-corrected chi connectivity index (χ0v) is 11.8. The molecule has 0 aliphatic carbocycles. The van der Waals surface area contributed by atoms with Gasteiger partial charge in [0, 0.05) is 19.5 Å². The Morgan fingerprint density at radius 1 is 1.25 bits per heavy atom. The fraction of sp³-hybridized carbons (Fsp3) is 0.500. The number of amides is 1. The van der Waals surface area contributed by atoms with Crippen molar-refractivity contribution in [1.82, 2.24) is 4.90 Å². The molecule has 1 unspecified atom stereocenters. The lowest BCUT2D eigenvalue weighted by molar-refractivity contribution is -0.143. The van der Waals surface area contributed by atoms with Crippen LogP contribution >= 0.6 is 0 Å². The molecule has 3 rings (SSSR count). The van der Waals surface area contributed by atoms with Crippen LogP contribution in [0.1, 0.15) is 31.7 Å². The highest BCUT2D eigenvalue weighted by Gasteiger charge is 2.33. The van der Waals surface area contributed by atoms with Gasteiger partial charge in [0.15, 0.2) is 0 Å². The average molecular weight is 272 g/mol. The van der Waals surface area contributed by atoms with Gasteiger partial charge in [0.25, 0.3) is 5.91 Å². The van der Waals surface area contributed by atoms with Crippen molar-refractivity contribution in [2.75, 3.05) is 13.1 Å². The Bertz CT molecular complexity index is 504. The van der Waals surface area contributed by atoms with E-state index < -0.39 is 6.10 Å². The molecule has 4 heteroatoms. The van der Waals surface area contributed by atoms with Crippen LogP contribution in [-0.4, -0.2) is 35.7 Å². The van der Waals surface area contributed by atoms with E-state index >= 15 is 0 Å². The predicted octanol–water partition coefficient (Wildman–Crippen LogP) is 2.44. The number of carbonyl (C=O) groups excluding carboxylic acids is 1. The first-order chi connectivity index (χ1) is 9.74. The number of likely N-dealkylation sites (tertiary alicyclic amines) is 1. The lowest BCUT2D eigenvalue weighted by atomic mass is 9.98. The number of rotatable bonds is 2. The minimum absolute atomic E-state index is 0.0894. The molecular formula is C16H20N2O2. The maximum Gasteiger partial charge on any atom is 0.266 e. The van der Waals surface area contributed by atoms with E-state index in [0.717, 1.165) is 43.1 Å². The number of oxime groups is 1. The second kappa shape index (κ2) is 5.65. The summed E-state index contributed by atoms with van der Waals surface area (Å²) in [7, 11) is 0. The second-order valence-electron chi connectivity index (χ2n) is 5.71. The molecule has 0 radical (unpaired) electrons. The van der Waals surface area contributed by atoms with Gasteiger partial charge in [0.1, 0.15) is 0 Å². The summed E-state index contributed by atoms with van der Waals surface area (Å²) in [4.78, 5) is 19.7. The van der Waals surface area contributed by atoms with E-state index in [1.54, 1.807) is 0 Å². The molecule has 1 saturated heterocycles. The lowest BCUT2D eigenvalue weighted by Crippen LogP contribution is -2.43. The standard InChI is InChI=1S/C16H20N2O2/c1-12-7-9-18(10-8-12)16(19)15-11-14(17-20-15)13-5-3-2-4-6-13/h2-6,12,15H,7-11H2,1H3. The van der Waals surface area contributed by atoms with Gasteiger partial charge < -0.3 is 9.74 Å². The Morgan fingerprint density at radius 2 is 1.95 bits per heavy atom. The largest absolute Gasteiger partial charge is 0.382 e. The molecular weight excluding hydrogens is 252 g/mol. The third-order valence-corrected chi connectivity index (χ3v) is 4.15. The summed E-state index contributed by atoms with van der Waals surface area (Å²) >= 11 is 0. The van der Waals surface area contributed by atoms with Crippen LogP contribution in [0, 0.1) is 5.92 Å². The van der Waals surface area contributed by atoms with Crippen LogP contribution in [0.25, 0.3) is 0 Å². The summed E-state index contributed by atoms with van der Waals surface area (Å²) in [6.07, 6.45) is 2.32. The Morgan fingerprint density at radius 3 is 2.65 bits per heavy atom. The zero-order chi connectivity index (χ0) is 13.9. The lowest BCUT2D eigenvalue weighted by Gasteiger charge is -2.31. The van der Waals surface area contributed by atoms with E-state index in [4.69, 9.17) is 4.84 Å². The molecule has 106 valence electrons. The van der Waals surface area contributed by atoms with Crippen molar-refractivity contribution in [1.29, 1.82) is 0 Å². The van der Waals surface area contributed by atoms with E-state index in [-0.39, 0.29) is 5.91 Å². The van der Waals surface area contributed by atoms with E-state index in [1.807, 2.05) is 35.2 Å². The first kappa shape index (κ1) is 13.2. The number of hydrogen-bond donors (Lipinski definition) is 0. The summed E-state index contributed by atoms with van der Waals surface area (Å²) in [5.74, 6) is 0.811. The molecule has 1 atom stereocenters. The summed E-state index contributed by atoms with van der Waals surface area (Å²) in [5.41, 5.74) is 1.91. The van der Waals surface area contributed by atoms with Crippen molar-refractivity contribution in [2.45, 2.75) is 32.3 Å². The van der Waals surface area contributed by atoms with E-state index in [2.05, 4.69) is 12.1 Å². The molecule has 1 fully saturated rings. The smallest absolute Gasteiger partial charge is 0.266 e. The van der Waals surface area contributed by atoms with Crippen LogP contribution in [-0.2, 0) is 9.63 Å². The maximum absolute atomic E-state index is 12.4. The zero-order valence-electron chi connectivity index (χ0n) is 11.8. The summed E-state index contributed by atoms with van der Waals surface area (Å²) in [5, 5.41) is 4.09. The topological polar surface area (TPSA) is 41.9 Å². The molecule has 1 aromatic rings. The third-order valence-electron chi connectivity index (χ3n) is 4.15. The van der Waals surface area contributed by atoms with Gasteiger partial charge in [-0.3, -0.25) is 4.79 Å². The summed E-state index contributed by atoms with van der Waals surface area (Å²) in [6.45, 7) is 3.94. The average Bonchev–Trinajstić information content (AvgIpc) is 2.98. The molecule has 2 aliphatic rings. The van der Waals surface area contributed by atoms with Crippen LogP contribution < -0.4 is 0 Å². The number of carbonyl (C=O) groups is 1. The molecule has 1 aromatic carbocycles. The molecule has 0 N–H and O–H groups in total. The molecule has 1 amide bonds. The molecule has 0 spiro atoms. The van der Waals surface area contributed by atoms with Gasteiger partial charge in [-0.25, -0.2) is 0 Å². The highest BCUT2D eigenvalue weighted by Crippen LogP contribution is 2.22. The first-order valence-electron chi connectivity index (χ1n) is 7.31. The number of benzene rings is 1. The SMILES string of the molecule is CC1CCN(C(=O)C2CC(c3ccccc3)=NO2)CC1.